The number of hydrogen-bond acceptors (Lipinski definition) is 6. The van der Waals surface area contributed by atoms with Gasteiger partial charge in [-0.1, -0.05) is 38.1 Å². The van der Waals surface area contributed by atoms with Crippen molar-refractivity contribution in [2.75, 3.05) is 12.4 Å². The summed E-state index contributed by atoms with van der Waals surface area (Å²) in [5.41, 5.74) is -0.0533. The molecule has 0 aliphatic carbocycles. The fraction of sp³-hybridized carbons (Fsp3) is 0.364. The summed E-state index contributed by atoms with van der Waals surface area (Å²) in [6.45, 7) is 5.72. The van der Waals surface area contributed by atoms with Crippen LogP contribution in [0.4, 0.5) is 13.2 Å². The molecule has 0 bridgehead atoms. The fourth-order valence-electron chi connectivity index (χ4n) is 3.17. The zero-order chi connectivity index (χ0) is 24.3. The molecule has 3 rings (SSSR count). The number of aromatic nitrogens is 3. The molecule has 0 aliphatic heterocycles. The van der Waals surface area contributed by atoms with Crippen molar-refractivity contribution in [1.29, 1.82) is 0 Å². The van der Waals surface area contributed by atoms with Crippen molar-refractivity contribution in [3.8, 4) is 11.3 Å². The molecule has 0 saturated heterocycles. The van der Waals surface area contributed by atoms with Crippen LogP contribution in [0, 0.1) is 0 Å². The predicted octanol–water partition coefficient (Wildman–Crippen LogP) is 4.13. The molecule has 1 atom stereocenters. The van der Waals surface area contributed by atoms with Crippen LogP contribution < -0.4 is 5.32 Å². The Morgan fingerprint density at radius 3 is 2.42 bits per heavy atom. The van der Waals surface area contributed by atoms with Gasteiger partial charge in [0.25, 0.3) is 5.91 Å². The Balaban J connectivity index is 2.08. The minimum atomic E-state index is -4.74. The van der Waals surface area contributed by atoms with Gasteiger partial charge in [-0.05, 0) is 24.5 Å². The molecule has 2 heterocycles. The first-order chi connectivity index (χ1) is 15.6. The van der Waals surface area contributed by atoms with E-state index in [0.717, 1.165) is 17.8 Å². The number of benzene rings is 1. The normalized spacial score (nSPS) is 12.7. The Hall–Kier alpha value is -3.08. The molecule has 7 nitrogen and oxygen atoms in total. The second kappa shape index (κ2) is 9.82. The van der Waals surface area contributed by atoms with Gasteiger partial charge in [0.05, 0.1) is 18.5 Å². The lowest BCUT2D eigenvalue weighted by molar-refractivity contribution is -0.145. The predicted molar refractivity (Wildman–Crippen MR) is 119 cm³/mol. The lowest BCUT2D eigenvalue weighted by atomic mass is 10.0. The molecule has 11 heteroatoms. The number of amides is 1. The summed E-state index contributed by atoms with van der Waals surface area (Å²) in [6.07, 6.45) is -3.76. The summed E-state index contributed by atoms with van der Waals surface area (Å²) in [5, 5.41) is 6.15. The number of ether oxygens (including phenoxy) is 1. The van der Waals surface area contributed by atoms with E-state index in [-0.39, 0.29) is 35.2 Å². The van der Waals surface area contributed by atoms with Crippen molar-refractivity contribution in [3.05, 3.63) is 53.3 Å². The summed E-state index contributed by atoms with van der Waals surface area (Å²) in [4.78, 5) is 29.1. The van der Waals surface area contributed by atoms with Gasteiger partial charge in [0.15, 0.2) is 11.3 Å². The minimum Gasteiger partial charge on any atom is -0.464 e. The number of hydrogen-bond donors (Lipinski definition) is 2. The second-order valence-corrected chi connectivity index (χ2v) is 7.92. The first-order valence-corrected chi connectivity index (χ1v) is 10.8. The van der Waals surface area contributed by atoms with E-state index in [1.807, 2.05) is 26.0 Å². The maximum absolute atomic E-state index is 13.8. The summed E-state index contributed by atoms with van der Waals surface area (Å²) in [5.74, 6) is -1.32. The van der Waals surface area contributed by atoms with Crippen LogP contribution in [0.2, 0.25) is 0 Å². The number of fused-ring (bicyclic) bond motifs is 1. The minimum absolute atomic E-state index is 0.0378. The van der Waals surface area contributed by atoms with E-state index in [1.165, 1.54) is 0 Å². The maximum atomic E-state index is 13.8. The summed E-state index contributed by atoms with van der Waals surface area (Å²) in [7, 11) is 0. The summed E-state index contributed by atoms with van der Waals surface area (Å²) < 4.78 is 46.8. The van der Waals surface area contributed by atoms with Crippen molar-refractivity contribution >= 4 is 30.2 Å². The quantitative estimate of drug-likeness (QED) is 0.392. The molecule has 176 valence electrons. The van der Waals surface area contributed by atoms with Crippen LogP contribution in [0.15, 0.2) is 36.5 Å². The van der Waals surface area contributed by atoms with Crippen LogP contribution in [0.1, 0.15) is 48.3 Å². The zero-order valence-corrected chi connectivity index (χ0v) is 19.1. The number of alkyl halides is 3. The third-order valence-corrected chi connectivity index (χ3v) is 5.30. The number of rotatable bonds is 7. The van der Waals surface area contributed by atoms with Crippen LogP contribution in [-0.2, 0) is 15.7 Å². The third kappa shape index (κ3) is 5.29. The van der Waals surface area contributed by atoms with Crippen molar-refractivity contribution in [3.63, 3.8) is 0 Å². The molecule has 3 aromatic rings. The molecule has 33 heavy (non-hydrogen) atoms. The van der Waals surface area contributed by atoms with Gasteiger partial charge in [0, 0.05) is 11.3 Å². The Bertz CT molecular complexity index is 1160. The Morgan fingerprint density at radius 2 is 1.88 bits per heavy atom. The highest BCUT2D eigenvalue weighted by molar-refractivity contribution is 7.80. The highest BCUT2D eigenvalue weighted by Crippen LogP contribution is 2.33. The maximum Gasteiger partial charge on any atom is 0.433 e. The lowest BCUT2D eigenvalue weighted by Gasteiger charge is -2.15. The molecule has 0 aliphatic rings. The van der Waals surface area contributed by atoms with Gasteiger partial charge >= 0.3 is 12.1 Å². The van der Waals surface area contributed by atoms with Gasteiger partial charge < -0.3 is 10.1 Å². The van der Waals surface area contributed by atoms with Crippen molar-refractivity contribution < 1.29 is 27.5 Å². The summed E-state index contributed by atoms with van der Waals surface area (Å²) >= 11 is 4.03. The molecule has 0 unspecified atom stereocenters. The Labute approximate surface area is 193 Å². The molecule has 0 spiro atoms. The molecular weight excluding hydrogens is 457 g/mol. The number of thiol groups is 1. The van der Waals surface area contributed by atoms with Gasteiger partial charge in [0.1, 0.15) is 11.6 Å². The highest BCUT2D eigenvalue weighted by Gasteiger charge is 2.36. The second-order valence-electron chi connectivity index (χ2n) is 7.56. The average Bonchev–Trinajstić information content (AvgIpc) is 3.20. The molecule has 0 radical (unpaired) electrons. The Morgan fingerprint density at radius 1 is 1.21 bits per heavy atom. The van der Waals surface area contributed by atoms with Gasteiger partial charge in [-0.25, -0.2) is 14.3 Å². The van der Waals surface area contributed by atoms with Crippen LogP contribution in [0.5, 0.6) is 0 Å². The molecule has 1 aromatic carbocycles. The number of esters is 1. The third-order valence-electron chi connectivity index (χ3n) is 4.94. The first kappa shape index (κ1) is 24.6. The largest absolute Gasteiger partial charge is 0.464 e. The van der Waals surface area contributed by atoms with Crippen molar-refractivity contribution in [2.24, 2.45) is 0 Å². The average molecular weight is 481 g/mol. The van der Waals surface area contributed by atoms with E-state index < -0.39 is 29.8 Å². The topological polar surface area (TPSA) is 85.6 Å². The molecule has 0 saturated carbocycles. The van der Waals surface area contributed by atoms with E-state index in [4.69, 9.17) is 4.74 Å². The van der Waals surface area contributed by atoms with Gasteiger partial charge in [-0.2, -0.15) is 30.9 Å². The Kier molecular flexibility index (Phi) is 7.31. The number of halogens is 3. The van der Waals surface area contributed by atoms with Crippen LogP contribution in [-0.4, -0.2) is 44.9 Å². The molecule has 0 fully saturated rings. The monoisotopic (exact) mass is 480 g/mol. The van der Waals surface area contributed by atoms with Crippen LogP contribution in [0.3, 0.4) is 0 Å². The van der Waals surface area contributed by atoms with Gasteiger partial charge in [-0.3, -0.25) is 4.79 Å². The number of carbonyl (C=O) groups is 2. The van der Waals surface area contributed by atoms with Gasteiger partial charge in [0.2, 0.25) is 0 Å². The van der Waals surface area contributed by atoms with E-state index in [1.54, 1.807) is 19.1 Å². The van der Waals surface area contributed by atoms with E-state index in [2.05, 4.69) is 28.0 Å². The lowest BCUT2D eigenvalue weighted by Crippen LogP contribution is -2.43. The van der Waals surface area contributed by atoms with Crippen molar-refractivity contribution in [2.45, 2.75) is 38.9 Å². The van der Waals surface area contributed by atoms with Gasteiger partial charge in [-0.15, -0.1) is 0 Å². The molecule has 1 N–H and O–H groups in total. The fourth-order valence-corrected chi connectivity index (χ4v) is 3.41. The first-order valence-electron chi connectivity index (χ1n) is 10.2. The number of nitrogens with one attached hydrogen (secondary N) is 1. The van der Waals surface area contributed by atoms with E-state index in [9.17, 15) is 22.8 Å². The van der Waals surface area contributed by atoms with Crippen molar-refractivity contribution in [1.82, 2.24) is 19.9 Å². The zero-order valence-electron chi connectivity index (χ0n) is 18.2. The molecular formula is C22H23F3N4O3S. The summed E-state index contributed by atoms with van der Waals surface area (Å²) in [6, 6.07) is 6.81. The number of nitrogens with zero attached hydrogens (tertiary/aromatic N) is 3. The standard InChI is InChI=1S/C22H23F3N4O3S/c1-4-32-21(31)17(11-33)28-20(30)15-10-26-29-18(22(23,24)25)9-16(27-19(15)29)14-7-5-13(6-8-14)12(2)3/h5-10,12,17,33H,4,11H2,1-3H3,(H,28,30)/t17-/m0/s1. The van der Waals surface area contributed by atoms with E-state index in [0.29, 0.717) is 10.1 Å². The number of carbonyl (C=O) groups excluding carboxylic acids is 2. The molecule has 2 aromatic heterocycles. The smallest absolute Gasteiger partial charge is 0.433 e. The van der Waals surface area contributed by atoms with Crippen LogP contribution in [0.25, 0.3) is 16.9 Å². The molecule has 1 amide bonds. The SMILES string of the molecule is CCOC(=O)[C@H](CS)NC(=O)c1cnn2c(C(F)(F)F)cc(-c3ccc(C(C)C)cc3)nc12. The highest BCUT2D eigenvalue weighted by atomic mass is 32.1. The van der Waals surface area contributed by atoms with E-state index >= 15 is 0 Å². The van der Waals surface area contributed by atoms with Crippen LogP contribution >= 0.6 is 12.6 Å².